The second-order valence-corrected chi connectivity index (χ2v) is 5.47. The van der Waals surface area contributed by atoms with Crippen LogP contribution >= 0.6 is 22.9 Å². The second-order valence-electron chi connectivity index (χ2n) is 3.93. The van der Waals surface area contributed by atoms with Crippen molar-refractivity contribution >= 4 is 22.9 Å². The summed E-state index contributed by atoms with van der Waals surface area (Å²) >= 11 is 7.26. The smallest absolute Gasteiger partial charge is 0.310 e. The molecule has 0 bridgehead atoms. The van der Waals surface area contributed by atoms with Crippen LogP contribution < -0.4 is 5.32 Å². The molecule has 0 radical (unpaired) electrons. The Hall–Kier alpha value is -0.260. The molecule has 1 aromatic heterocycles. The van der Waals surface area contributed by atoms with E-state index in [-0.39, 0.29) is 12.5 Å². The van der Waals surface area contributed by atoms with Crippen molar-refractivity contribution in [1.82, 2.24) is 5.32 Å². The third kappa shape index (κ3) is 6.29. The number of rotatable bonds is 6. The molecule has 0 fully saturated rings. The van der Waals surface area contributed by atoms with Crippen molar-refractivity contribution in [2.45, 2.75) is 38.4 Å². The maximum atomic E-state index is 11.9. The van der Waals surface area contributed by atoms with Gasteiger partial charge in [0.2, 0.25) is 0 Å². The zero-order valence-corrected chi connectivity index (χ0v) is 11.1. The molecule has 0 saturated heterocycles. The average molecular weight is 286 g/mol. The van der Waals surface area contributed by atoms with Gasteiger partial charge in [0.1, 0.15) is 0 Å². The molecule has 0 aliphatic carbocycles. The number of thiophene rings is 1. The number of nitrogens with one attached hydrogen (secondary N) is 1. The number of halogens is 4. The van der Waals surface area contributed by atoms with Crippen LogP contribution in [0.25, 0.3) is 0 Å². The Kier molecular flexibility index (Phi) is 5.76. The fourth-order valence-corrected chi connectivity index (χ4v) is 2.42. The van der Waals surface area contributed by atoms with Crippen molar-refractivity contribution < 1.29 is 13.2 Å². The minimum Gasteiger partial charge on any atom is -0.310 e. The third-order valence-electron chi connectivity index (χ3n) is 2.43. The first kappa shape index (κ1) is 14.8. The van der Waals surface area contributed by atoms with Gasteiger partial charge in [-0.2, -0.15) is 13.2 Å². The molecule has 6 heteroatoms. The van der Waals surface area contributed by atoms with Crippen LogP contribution in [0, 0.1) is 0 Å². The molecule has 1 N–H and O–H groups in total. The Bertz CT molecular complexity index is 338. The quantitative estimate of drug-likeness (QED) is 0.741. The average Bonchev–Trinajstić information content (AvgIpc) is 2.62. The van der Waals surface area contributed by atoms with Crippen LogP contribution in [0.5, 0.6) is 0 Å². The zero-order chi connectivity index (χ0) is 12.9. The van der Waals surface area contributed by atoms with E-state index in [1.54, 1.807) is 0 Å². The van der Waals surface area contributed by atoms with Gasteiger partial charge in [-0.15, -0.1) is 11.3 Å². The van der Waals surface area contributed by atoms with Gasteiger partial charge in [0, 0.05) is 12.5 Å². The number of unbranched alkanes of at least 4 members (excludes halogenated alkanes) is 1. The maximum Gasteiger partial charge on any atom is 0.389 e. The summed E-state index contributed by atoms with van der Waals surface area (Å²) in [6.45, 7) is 2.56. The van der Waals surface area contributed by atoms with Crippen LogP contribution in [0.3, 0.4) is 0 Å². The molecule has 0 aliphatic heterocycles. The molecule has 1 aromatic rings. The van der Waals surface area contributed by atoms with Crippen LogP contribution in [0.2, 0.25) is 4.34 Å². The molecular weight excluding hydrogens is 271 g/mol. The van der Waals surface area contributed by atoms with Crippen molar-refractivity contribution in [2.75, 3.05) is 6.54 Å². The number of alkyl halides is 3. The van der Waals surface area contributed by atoms with E-state index in [4.69, 9.17) is 11.6 Å². The van der Waals surface area contributed by atoms with Gasteiger partial charge >= 0.3 is 6.18 Å². The summed E-state index contributed by atoms with van der Waals surface area (Å²) in [5.41, 5.74) is 1.08. The highest BCUT2D eigenvalue weighted by atomic mass is 35.5. The summed E-state index contributed by atoms with van der Waals surface area (Å²) in [4.78, 5) is 0. The van der Waals surface area contributed by atoms with Crippen molar-refractivity contribution in [2.24, 2.45) is 0 Å². The van der Waals surface area contributed by atoms with E-state index < -0.39 is 12.6 Å². The lowest BCUT2D eigenvalue weighted by molar-refractivity contribution is -0.135. The molecule has 1 rings (SSSR count). The third-order valence-corrected chi connectivity index (χ3v) is 3.53. The van der Waals surface area contributed by atoms with Gasteiger partial charge < -0.3 is 5.32 Å². The summed E-state index contributed by atoms with van der Waals surface area (Å²) in [6.07, 6.45) is -4.03. The van der Waals surface area contributed by atoms with Crippen molar-refractivity contribution in [1.29, 1.82) is 0 Å². The lowest BCUT2D eigenvalue weighted by Crippen LogP contribution is -2.19. The Morgan fingerprint density at radius 1 is 1.41 bits per heavy atom. The lowest BCUT2D eigenvalue weighted by atomic mass is 10.1. The highest BCUT2D eigenvalue weighted by Crippen LogP contribution is 2.25. The standard InChI is InChI=1S/C11H15ClF3NS/c1-8(9-6-10(12)17-7-9)16-5-3-2-4-11(13,14)15/h6-8,16H,2-5H2,1H3. The first-order valence-electron chi connectivity index (χ1n) is 5.42. The van der Waals surface area contributed by atoms with E-state index >= 15 is 0 Å². The molecule has 0 aliphatic rings. The van der Waals surface area contributed by atoms with Crippen LogP contribution in [0.15, 0.2) is 11.4 Å². The minimum absolute atomic E-state index is 0.129. The number of hydrogen-bond acceptors (Lipinski definition) is 2. The Labute approximate surface area is 108 Å². The van der Waals surface area contributed by atoms with Gasteiger partial charge in [-0.1, -0.05) is 11.6 Å². The van der Waals surface area contributed by atoms with E-state index in [1.165, 1.54) is 11.3 Å². The van der Waals surface area contributed by atoms with Crippen molar-refractivity contribution in [3.8, 4) is 0 Å². The van der Waals surface area contributed by atoms with Crippen molar-refractivity contribution in [3.05, 3.63) is 21.3 Å². The van der Waals surface area contributed by atoms with Gasteiger partial charge in [0.05, 0.1) is 4.34 Å². The van der Waals surface area contributed by atoms with E-state index in [0.29, 0.717) is 13.0 Å². The predicted molar refractivity (Wildman–Crippen MR) is 65.7 cm³/mol. The summed E-state index contributed by atoms with van der Waals surface area (Å²) < 4.78 is 36.4. The van der Waals surface area contributed by atoms with Crippen molar-refractivity contribution in [3.63, 3.8) is 0 Å². The van der Waals surface area contributed by atoms with Gasteiger partial charge in [-0.05, 0) is 43.3 Å². The molecule has 0 spiro atoms. The largest absolute Gasteiger partial charge is 0.389 e. The topological polar surface area (TPSA) is 12.0 Å². The molecule has 98 valence electrons. The summed E-state index contributed by atoms with van der Waals surface area (Å²) in [5.74, 6) is 0. The minimum atomic E-state index is -4.04. The van der Waals surface area contributed by atoms with E-state index in [0.717, 1.165) is 9.90 Å². The molecule has 0 saturated carbocycles. The van der Waals surface area contributed by atoms with E-state index in [1.807, 2.05) is 18.4 Å². The molecule has 1 heterocycles. The van der Waals surface area contributed by atoms with E-state index in [2.05, 4.69) is 5.32 Å². The normalized spacial score (nSPS) is 13.9. The van der Waals surface area contributed by atoms with Crippen LogP contribution in [-0.2, 0) is 0 Å². The summed E-state index contributed by atoms with van der Waals surface area (Å²) in [6, 6.07) is 2.00. The first-order valence-corrected chi connectivity index (χ1v) is 6.68. The predicted octanol–water partition coefficient (Wildman–Crippen LogP) is 4.78. The number of hydrogen-bond donors (Lipinski definition) is 1. The van der Waals surface area contributed by atoms with Gasteiger partial charge in [-0.25, -0.2) is 0 Å². The SMILES string of the molecule is CC(NCCCCC(F)(F)F)c1csc(Cl)c1. The fraction of sp³-hybridized carbons (Fsp3) is 0.636. The molecule has 1 unspecified atom stereocenters. The molecule has 0 amide bonds. The molecule has 1 atom stereocenters. The van der Waals surface area contributed by atoms with Gasteiger partial charge in [0.15, 0.2) is 0 Å². The van der Waals surface area contributed by atoms with Crippen LogP contribution in [0.4, 0.5) is 13.2 Å². The Morgan fingerprint density at radius 3 is 2.65 bits per heavy atom. The second kappa shape index (κ2) is 6.61. The highest BCUT2D eigenvalue weighted by Gasteiger charge is 2.25. The van der Waals surface area contributed by atoms with Crippen LogP contribution in [0.1, 0.15) is 37.8 Å². The molecular formula is C11H15ClF3NS. The summed E-state index contributed by atoms with van der Waals surface area (Å²) in [7, 11) is 0. The molecule has 0 aromatic carbocycles. The fourth-order valence-electron chi connectivity index (χ4n) is 1.44. The highest BCUT2D eigenvalue weighted by molar-refractivity contribution is 7.14. The van der Waals surface area contributed by atoms with Gasteiger partial charge in [0.25, 0.3) is 0 Å². The molecule has 1 nitrogen and oxygen atoms in total. The monoisotopic (exact) mass is 285 g/mol. The molecule has 17 heavy (non-hydrogen) atoms. The Morgan fingerprint density at radius 2 is 2.12 bits per heavy atom. The first-order chi connectivity index (χ1) is 7.88. The zero-order valence-electron chi connectivity index (χ0n) is 9.48. The van der Waals surface area contributed by atoms with E-state index in [9.17, 15) is 13.2 Å². The summed E-state index contributed by atoms with van der Waals surface area (Å²) in [5, 5.41) is 5.13. The maximum absolute atomic E-state index is 11.9. The van der Waals surface area contributed by atoms with Gasteiger partial charge in [-0.3, -0.25) is 0 Å². The lowest BCUT2D eigenvalue weighted by Gasteiger charge is -2.12. The Balaban J connectivity index is 2.15. The van der Waals surface area contributed by atoms with Crippen LogP contribution in [-0.4, -0.2) is 12.7 Å².